The molecule has 0 aliphatic heterocycles. The molecule has 0 aromatic heterocycles. The molecule has 1 unspecified atom stereocenters. The maximum absolute atomic E-state index is 2.84. The molecule has 0 saturated carbocycles. The Kier molecular flexibility index (Phi) is 2.93. The summed E-state index contributed by atoms with van der Waals surface area (Å²) in [5, 5.41) is 0. The van der Waals surface area contributed by atoms with E-state index in [0.717, 1.165) is 0 Å². The van der Waals surface area contributed by atoms with Crippen molar-refractivity contribution in [3.05, 3.63) is 33.4 Å². The van der Waals surface area contributed by atoms with Crippen LogP contribution in [0.3, 0.4) is 0 Å². The van der Waals surface area contributed by atoms with Gasteiger partial charge in [-0.3, -0.25) is 0 Å². The molecule has 9 heavy (non-hydrogen) atoms. The Balaban J connectivity index is 3.01. The maximum atomic E-state index is 2.84. The van der Waals surface area contributed by atoms with Crippen LogP contribution in [0, 0.1) is 10.5 Å². The minimum atomic E-state index is 0.204. The van der Waals surface area contributed by atoms with Crippen LogP contribution in [0.2, 0.25) is 0 Å². The molecular formula is C7H9IP-. The molecule has 1 rings (SSSR count). The summed E-state index contributed by atoms with van der Waals surface area (Å²) in [4.78, 5) is 0. The monoisotopic (exact) mass is 251 g/mol. The molecule has 0 spiro atoms. The second-order valence-electron chi connectivity index (χ2n) is 1.86. The van der Waals surface area contributed by atoms with Crippen LogP contribution in [0.1, 0.15) is 5.56 Å². The van der Waals surface area contributed by atoms with Crippen molar-refractivity contribution in [1.82, 2.24) is 0 Å². The summed E-state index contributed by atoms with van der Waals surface area (Å²) in [6, 6.07) is 8.56. The number of hydrogen-bond acceptors (Lipinski definition) is 0. The van der Waals surface area contributed by atoms with Gasteiger partial charge in [-0.15, -0.1) is 0 Å². The fraction of sp³-hybridized carbons (Fsp3) is 0.143. The first-order valence-electron chi connectivity index (χ1n) is 2.73. The third-order valence-electron chi connectivity index (χ3n) is 1.19. The summed E-state index contributed by atoms with van der Waals surface area (Å²) in [6.07, 6.45) is 0. The first kappa shape index (κ1) is 7.49. The molecule has 0 N–H and O–H groups in total. The summed E-state index contributed by atoms with van der Waals surface area (Å²) in [7, 11) is 0. The molecule has 0 bridgehead atoms. The van der Waals surface area contributed by atoms with Crippen molar-refractivity contribution in [3.8, 4) is 0 Å². The van der Waals surface area contributed by atoms with E-state index in [1.54, 1.807) is 0 Å². The summed E-state index contributed by atoms with van der Waals surface area (Å²) < 4.78 is 1.53. The van der Waals surface area contributed by atoms with Gasteiger partial charge in [-0.25, -0.2) is 0 Å². The predicted octanol–water partition coefficient (Wildman–Crippen LogP) is -0.956. The van der Waals surface area contributed by atoms with Crippen LogP contribution in [0.4, 0.5) is 0 Å². The van der Waals surface area contributed by atoms with Gasteiger partial charge in [0.1, 0.15) is 0 Å². The van der Waals surface area contributed by atoms with Gasteiger partial charge in [-0.1, -0.05) is 0 Å². The average molecular weight is 251 g/mol. The van der Waals surface area contributed by atoms with E-state index in [1.807, 2.05) is 0 Å². The van der Waals surface area contributed by atoms with E-state index < -0.39 is 0 Å². The molecule has 0 aliphatic carbocycles. The number of hydrogen-bond donors (Lipinski definition) is 0. The van der Waals surface area contributed by atoms with E-state index in [0.29, 0.717) is 0 Å². The Morgan fingerprint density at radius 1 is 1.33 bits per heavy atom. The molecule has 0 saturated heterocycles. The average Bonchev–Trinajstić information content (AvgIpc) is 1.89. The molecule has 50 valence electrons. The van der Waals surface area contributed by atoms with Gasteiger partial charge < -0.3 is 0 Å². The second kappa shape index (κ2) is 3.52. The summed E-state index contributed by atoms with van der Waals surface area (Å²) in [5.74, 6) is 0. The first-order valence-corrected chi connectivity index (χ1v) is 7.99. The first-order chi connectivity index (χ1) is 4.34. The van der Waals surface area contributed by atoms with Gasteiger partial charge in [0, 0.05) is 0 Å². The summed E-state index contributed by atoms with van der Waals surface area (Å²) >= 11 is 0.204. The number of benzene rings is 1. The van der Waals surface area contributed by atoms with E-state index in [1.165, 1.54) is 9.13 Å². The Bertz CT molecular complexity index is 198. The quantitative estimate of drug-likeness (QED) is 0.445. The molecule has 0 heterocycles. The molecule has 1 atom stereocenters. The second-order valence-corrected chi connectivity index (χ2v) is 5.11. The summed E-state index contributed by atoms with van der Waals surface area (Å²) in [6.45, 7) is 5.00. The zero-order chi connectivity index (χ0) is 6.69. The topological polar surface area (TPSA) is 0 Å². The standard InChI is InChI=1S/C7H9IP/c1-6-4-2-3-5-7(6)8-9/h2-5H,9H2,1H3/q-1. The van der Waals surface area contributed by atoms with Gasteiger partial charge in [-0.05, 0) is 0 Å². The zero-order valence-electron chi connectivity index (χ0n) is 5.26. The van der Waals surface area contributed by atoms with Crippen LogP contribution in [-0.4, -0.2) is 0 Å². The molecule has 0 amide bonds. The fourth-order valence-corrected chi connectivity index (χ4v) is 3.40. The molecule has 0 fully saturated rings. The van der Waals surface area contributed by atoms with E-state index in [9.17, 15) is 0 Å². The van der Waals surface area contributed by atoms with E-state index in [4.69, 9.17) is 0 Å². The molecule has 0 aliphatic rings. The van der Waals surface area contributed by atoms with Crippen molar-refractivity contribution < 1.29 is 20.7 Å². The van der Waals surface area contributed by atoms with Gasteiger partial charge >= 0.3 is 67.9 Å². The Hall–Kier alpha value is 0.380. The van der Waals surface area contributed by atoms with Crippen LogP contribution in [0.5, 0.6) is 0 Å². The number of aryl methyl sites for hydroxylation is 1. The molecule has 1 aromatic rings. The van der Waals surface area contributed by atoms with Crippen molar-refractivity contribution in [3.63, 3.8) is 0 Å². The molecule has 0 nitrogen and oxygen atoms in total. The van der Waals surface area contributed by atoms with Crippen molar-refractivity contribution in [2.24, 2.45) is 0 Å². The molecule has 2 heteroatoms. The fourth-order valence-electron chi connectivity index (χ4n) is 0.673. The van der Waals surface area contributed by atoms with E-state index in [-0.39, 0.29) is 20.7 Å². The van der Waals surface area contributed by atoms with Gasteiger partial charge in [0.15, 0.2) is 0 Å². The van der Waals surface area contributed by atoms with Gasteiger partial charge in [0.05, 0.1) is 0 Å². The van der Waals surface area contributed by atoms with Crippen molar-refractivity contribution >= 4 is 6.88 Å². The van der Waals surface area contributed by atoms with Crippen LogP contribution in [-0.2, 0) is 0 Å². The van der Waals surface area contributed by atoms with Crippen LogP contribution in [0.15, 0.2) is 24.3 Å². The normalized spacial score (nSPS) is 10.0. The molecule has 0 radical (unpaired) electrons. The van der Waals surface area contributed by atoms with Crippen LogP contribution < -0.4 is 20.7 Å². The Labute approximate surface area is 67.9 Å². The van der Waals surface area contributed by atoms with E-state index in [2.05, 4.69) is 38.1 Å². The van der Waals surface area contributed by atoms with Crippen LogP contribution >= 0.6 is 6.88 Å². The zero-order valence-corrected chi connectivity index (χ0v) is 8.58. The SMILES string of the molecule is Cc1ccccc1[I-]P. The van der Waals surface area contributed by atoms with Gasteiger partial charge in [0.25, 0.3) is 0 Å². The third-order valence-corrected chi connectivity index (χ3v) is 4.65. The predicted molar refractivity (Wildman–Crippen MR) is 39.6 cm³/mol. The number of halogens is 1. The van der Waals surface area contributed by atoms with Crippen molar-refractivity contribution in [2.75, 3.05) is 0 Å². The van der Waals surface area contributed by atoms with E-state index >= 15 is 0 Å². The third kappa shape index (κ3) is 1.91. The Morgan fingerprint density at radius 3 is 2.44 bits per heavy atom. The van der Waals surface area contributed by atoms with Crippen LogP contribution in [0.25, 0.3) is 0 Å². The van der Waals surface area contributed by atoms with Crippen molar-refractivity contribution in [1.29, 1.82) is 0 Å². The van der Waals surface area contributed by atoms with Gasteiger partial charge in [-0.2, -0.15) is 0 Å². The number of rotatable bonds is 1. The summed E-state index contributed by atoms with van der Waals surface area (Å²) in [5.41, 5.74) is 1.43. The van der Waals surface area contributed by atoms with Crippen molar-refractivity contribution in [2.45, 2.75) is 6.92 Å². The molecule has 1 aromatic carbocycles. The minimum absolute atomic E-state index is 0.204. The van der Waals surface area contributed by atoms with Gasteiger partial charge in [0.2, 0.25) is 0 Å². The molecular weight excluding hydrogens is 242 g/mol. The Morgan fingerprint density at radius 2 is 2.00 bits per heavy atom.